The van der Waals surface area contributed by atoms with Gasteiger partial charge in [0.1, 0.15) is 0 Å². The number of rotatable bonds is 5. The van der Waals surface area contributed by atoms with E-state index in [2.05, 4.69) is 37.8 Å². The number of nitrogens with zero attached hydrogens (tertiary/aromatic N) is 4. The fourth-order valence-electron chi connectivity index (χ4n) is 3.55. The Hall–Kier alpha value is -2.51. The summed E-state index contributed by atoms with van der Waals surface area (Å²) in [6, 6.07) is 10.1. The summed E-state index contributed by atoms with van der Waals surface area (Å²) in [6.45, 7) is 4.83. The van der Waals surface area contributed by atoms with Gasteiger partial charge in [-0.1, -0.05) is 12.1 Å². The first kappa shape index (κ1) is 17.9. The number of hydrogen-bond acceptors (Lipinski definition) is 5. The molecule has 1 amide bonds. The third-order valence-electron chi connectivity index (χ3n) is 4.92. The largest absolute Gasteiger partial charge is 0.348 e. The van der Waals surface area contributed by atoms with E-state index in [0.717, 1.165) is 38.2 Å². The van der Waals surface area contributed by atoms with Crippen LogP contribution in [0.15, 0.2) is 48.1 Å². The maximum atomic E-state index is 12.8. The van der Waals surface area contributed by atoms with Crippen LogP contribution in [0.25, 0.3) is 5.82 Å². The highest BCUT2D eigenvalue weighted by Gasteiger charge is 2.24. The molecule has 1 unspecified atom stereocenters. The van der Waals surface area contributed by atoms with Gasteiger partial charge in [-0.15, -0.1) is 11.3 Å². The van der Waals surface area contributed by atoms with E-state index in [9.17, 15) is 4.79 Å². The number of carbonyl (C=O) groups is 1. The molecular formula is C20H23N5OS. The third-order valence-corrected chi connectivity index (χ3v) is 5.78. The lowest BCUT2D eigenvalue weighted by Crippen LogP contribution is -2.47. The summed E-state index contributed by atoms with van der Waals surface area (Å²) in [5, 5.41) is 9.66. The lowest BCUT2D eigenvalue weighted by atomic mass is 10.0. The molecule has 6 nitrogen and oxygen atoms in total. The van der Waals surface area contributed by atoms with E-state index in [0.29, 0.717) is 11.4 Å². The molecule has 0 radical (unpaired) electrons. The zero-order chi connectivity index (χ0) is 18.6. The highest BCUT2D eigenvalue weighted by molar-refractivity contribution is 7.09. The standard InChI is InChI=1S/C20H23N5OS/c1-15-18(12-22-25(15)19-8-2-3-9-21-19)20(26)23-16-6-4-10-24(13-16)14-17-7-5-11-27-17/h2-3,5,7-9,11-12,16H,4,6,10,13-14H2,1H3,(H,23,26). The van der Waals surface area contributed by atoms with Gasteiger partial charge >= 0.3 is 0 Å². The predicted molar refractivity (Wildman–Crippen MR) is 106 cm³/mol. The molecule has 0 aliphatic carbocycles. The molecule has 1 saturated heterocycles. The number of amides is 1. The summed E-state index contributed by atoms with van der Waals surface area (Å²) in [6.07, 6.45) is 5.47. The molecule has 3 aromatic rings. The van der Waals surface area contributed by atoms with Crippen LogP contribution >= 0.6 is 11.3 Å². The van der Waals surface area contributed by atoms with Crippen molar-refractivity contribution in [3.05, 3.63) is 64.2 Å². The zero-order valence-corrected chi connectivity index (χ0v) is 16.2. The van der Waals surface area contributed by atoms with Crippen molar-refractivity contribution in [3.63, 3.8) is 0 Å². The number of pyridine rings is 1. The van der Waals surface area contributed by atoms with E-state index in [1.165, 1.54) is 4.88 Å². The van der Waals surface area contributed by atoms with Crippen LogP contribution in [-0.4, -0.2) is 44.7 Å². The minimum absolute atomic E-state index is 0.0577. The molecule has 1 aliphatic rings. The number of likely N-dealkylation sites (tertiary alicyclic amines) is 1. The lowest BCUT2D eigenvalue weighted by Gasteiger charge is -2.32. The van der Waals surface area contributed by atoms with Crippen LogP contribution in [0.2, 0.25) is 0 Å². The van der Waals surface area contributed by atoms with Gasteiger partial charge in [0.2, 0.25) is 0 Å². The molecule has 0 saturated carbocycles. The number of carbonyl (C=O) groups excluding carboxylic acids is 1. The van der Waals surface area contributed by atoms with Crippen molar-refractivity contribution in [3.8, 4) is 5.82 Å². The number of hydrogen-bond donors (Lipinski definition) is 1. The van der Waals surface area contributed by atoms with E-state index in [1.807, 2.05) is 25.1 Å². The smallest absolute Gasteiger partial charge is 0.255 e. The molecule has 0 aromatic carbocycles. The number of nitrogens with one attached hydrogen (secondary N) is 1. The summed E-state index contributed by atoms with van der Waals surface area (Å²) < 4.78 is 1.71. The molecule has 140 valence electrons. The second-order valence-corrected chi connectivity index (χ2v) is 7.90. The lowest BCUT2D eigenvalue weighted by molar-refractivity contribution is 0.0900. The van der Waals surface area contributed by atoms with Crippen molar-refractivity contribution in [2.24, 2.45) is 0 Å². The van der Waals surface area contributed by atoms with Crippen LogP contribution in [0.3, 0.4) is 0 Å². The van der Waals surface area contributed by atoms with Gasteiger partial charge in [-0.05, 0) is 49.9 Å². The van der Waals surface area contributed by atoms with E-state index < -0.39 is 0 Å². The minimum Gasteiger partial charge on any atom is -0.348 e. The van der Waals surface area contributed by atoms with Crippen LogP contribution < -0.4 is 5.32 Å². The molecule has 4 heterocycles. The van der Waals surface area contributed by atoms with Crippen LogP contribution in [0, 0.1) is 6.92 Å². The summed E-state index contributed by atoms with van der Waals surface area (Å²) in [5.74, 6) is 0.659. The Morgan fingerprint density at radius 2 is 2.26 bits per heavy atom. The Morgan fingerprint density at radius 3 is 3.04 bits per heavy atom. The van der Waals surface area contributed by atoms with Crippen LogP contribution in [-0.2, 0) is 6.54 Å². The Bertz CT molecular complexity index is 891. The monoisotopic (exact) mass is 381 g/mol. The third kappa shape index (κ3) is 4.09. The van der Waals surface area contributed by atoms with Crippen LogP contribution in [0.5, 0.6) is 0 Å². The highest BCUT2D eigenvalue weighted by atomic mass is 32.1. The molecule has 1 N–H and O–H groups in total. The average Bonchev–Trinajstić information content (AvgIpc) is 3.32. The van der Waals surface area contributed by atoms with E-state index in [4.69, 9.17) is 0 Å². The van der Waals surface area contributed by atoms with Crippen LogP contribution in [0.4, 0.5) is 0 Å². The van der Waals surface area contributed by atoms with Gasteiger partial charge in [0.05, 0.1) is 17.5 Å². The van der Waals surface area contributed by atoms with Gasteiger partial charge < -0.3 is 5.32 Å². The highest BCUT2D eigenvalue weighted by Crippen LogP contribution is 2.18. The molecule has 27 heavy (non-hydrogen) atoms. The van der Waals surface area contributed by atoms with E-state index in [-0.39, 0.29) is 11.9 Å². The first-order chi connectivity index (χ1) is 13.2. The normalized spacial score (nSPS) is 17.7. The SMILES string of the molecule is Cc1c(C(=O)NC2CCCN(Cc3cccs3)C2)cnn1-c1ccccn1. The zero-order valence-electron chi connectivity index (χ0n) is 15.3. The average molecular weight is 382 g/mol. The molecule has 1 fully saturated rings. The van der Waals surface area contributed by atoms with Crippen molar-refractivity contribution < 1.29 is 4.79 Å². The van der Waals surface area contributed by atoms with E-state index in [1.54, 1.807) is 28.4 Å². The number of aromatic nitrogens is 3. The molecule has 3 aromatic heterocycles. The Balaban J connectivity index is 1.41. The Kier molecular flexibility index (Phi) is 5.31. The molecule has 1 atom stereocenters. The van der Waals surface area contributed by atoms with Gasteiger partial charge in [0, 0.05) is 30.2 Å². The summed E-state index contributed by atoms with van der Waals surface area (Å²) in [5.41, 5.74) is 1.41. The van der Waals surface area contributed by atoms with Crippen molar-refractivity contribution in [2.75, 3.05) is 13.1 Å². The maximum Gasteiger partial charge on any atom is 0.255 e. The van der Waals surface area contributed by atoms with Gasteiger partial charge in [0.15, 0.2) is 5.82 Å². The second kappa shape index (κ2) is 8.02. The number of thiophene rings is 1. The summed E-state index contributed by atoms with van der Waals surface area (Å²) in [4.78, 5) is 20.9. The summed E-state index contributed by atoms with van der Waals surface area (Å²) in [7, 11) is 0. The summed E-state index contributed by atoms with van der Waals surface area (Å²) >= 11 is 1.79. The molecule has 4 rings (SSSR count). The second-order valence-electron chi connectivity index (χ2n) is 6.87. The van der Waals surface area contributed by atoms with Crippen LogP contribution in [0.1, 0.15) is 33.8 Å². The quantitative estimate of drug-likeness (QED) is 0.738. The molecule has 7 heteroatoms. The molecular weight excluding hydrogens is 358 g/mol. The van der Waals surface area contributed by atoms with E-state index >= 15 is 0 Å². The minimum atomic E-state index is -0.0577. The number of piperidine rings is 1. The first-order valence-electron chi connectivity index (χ1n) is 9.22. The van der Waals surface area contributed by atoms with Gasteiger partial charge in [-0.25, -0.2) is 9.67 Å². The Labute approximate surface area is 162 Å². The van der Waals surface area contributed by atoms with Gasteiger partial charge in [0.25, 0.3) is 5.91 Å². The van der Waals surface area contributed by atoms with Crippen molar-refractivity contribution in [1.82, 2.24) is 25.0 Å². The maximum absolute atomic E-state index is 12.8. The van der Waals surface area contributed by atoms with Crippen molar-refractivity contribution in [2.45, 2.75) is 32.4 Å². The predicted octanol–water partition coefficient (Wildman–Crippen LogP) is 3.03. The Morgan fingerprint density at radius 1 is 1.33 bits per heavy atom. The molecule has 0 bridgehead atoms. The molecule has 0 spiro atoms. The first-order valence-corrected chi connectivity index (χ1v) is 10.1. The van der Waals surface area contributed by atoms with Gasteiger partial charge in [-0.2, -0.15) is 5.10 Å². The fourth-order valence-corrected chi connectivity index (χ4v) is 4.29. The van der Waals surface area contributed by atoms with Gasteiger partial charge in [-0.3, -0.25) is 9.69 Å². The fraction of sp³-hybridized carbons (Fsp3) is 0.350. The molecule has 1 aliphatic heterocycles. The van der Waals surface area contributed by atoms with Crippen molar-refractivity contribution >= 4 is 17.2 Å². The van der Waals surface area contributed by atoms with Crippen molar-refractivity contribution in [1.29, 1.82) is 0 Å². The topological polar surface area (TPSA) is 63.1 Å².